The maximum atomic E-state index is 13.0. The van der Waals surface area contributed by atoms with E-state index in [2.05, 4.69) is 10.3 Å². The number of hydrogen-bond acceptors (Lipinski definition) is 3. The van der Waals surface area contributed by atoms with E-state index in [1.54, 1.807) is 4.90 Å². The third-order valence-electron chi connectivity index (χ3n) is 3.55. The van der Waals surface area contributed by atoms with E-state index in [0.29, 0.717) is 24.3 Å². The van der Waals surface area contributed by atoms with Crippen molar-refractivity contribution in [3.63, 3.8) is 0 Å². The number of nitrogens with zero attached hydrogens (tertiary/aromatic N) is 2. The molecule has 1 aromatic carbocycles. The Morgan fingerprint density at radius 3 is 2.46 bits per heavy atom. The minimum atomic E-state index is -4.47. The second-order valence-electron chi connectivity index (χ2n) is 5.11. The first-order valence-corrected chi connectivity index (χ1v) is 7.54. The summed E-state index contributed by atoms with van der Waals surface area (Å²) in [5.74, 6) is -0.208. The van der Waals surface area contributed by atoms with E-state index in [0.717, 1.165) is 6.07 Å². The van der Waals surface area contributed by atoms with Crippen LogP contribution in [0.25, 0.3) is 0 Å². The number of carbonyl (C=O) groups excluding carboxylic acids is 1. The fourth-order valence-corrected chi connectivity index (χ4v) is 2.31. The summed E-state index contributed by atoms with van der Waals surface area (Å²) in [7, 11) is 0. The predicted octanol–water partition coefficient (Wildman–Crippen LogP) is 4.33. The maximum absolute atomic E-state index is 13.0. The van der Waals surface area contributed by atoms with Gasteiger partial charge in [0.25, 0.3) is 5.91 Å². The van der Waals surface area contributed by atoms with Crippen LogP contribution in [-0.2, 0) is 6.18 Å². The third kappa shape index (κ3) is 4.04. The zero-order valence-corrected chi connectivity index (χ0v) is 13.4. The Morgan fingerprint density at radius 2 is 1.83 bits per heavy atom. The summed E-state index contributed by atoms with van der Waals surface area (Å²) >= 11 is 0. The van der Waals surface area contributed by atoms with Crippen LogP contribution >= 0.6 is 0 Å². The molecule has 2 rings (SSSR count). The van der Waals surface area contributed by atoms with Gasteiger partial charge in [0.15, 0.2) is 0 Å². The molecule has 128 valence electrons. The lowest BCUT2D eigenvalue weighted by Gasteiger charge is -2.19. The van der Waals surface area contributed by atoms with Gasteiger partial charge in [-0.3, -0.25) is 9.78 Å². The molecule has 1 N–H and O–H groups in total. The van der Waals surface area contributed by atoms with Gasteiger partial charge in [-0.25, -0.2) is 0 Å². The summed E-state index contributed by atoms with van der Waals surface area (Å²) in [5.41, 5.74) is -0.206. The second kappa shape index (κ2) is 7.33. The van der Waals surface area contributed by atoms with Gasteiger partial charge >= 0.3 is 6.18 Å². The summed E-state index contributed by atoms with van der Waals surface area (Å²) in [6.45, 7) is 4.81. The topological polar surface area (TPSA) is 45.2 Å². The van der Waals surface area contributed by atoms with Crippen LogP contribution in [0.3, 0.4) is 0 Å². The normalized spacial score (nSPS) is 11.2. The van der Waals surface area contributed by atoms with Crippen molar-refractivity contribution in [2.75, 3.05) is 18.4 Å². The van der Waals surface area contributed by atoms with E-state index < -0.39 is 11.7 Å². The number of amides is 1. The first-order valence-electron chi connectivity index (χ1n) is 7.54. The molecule has 1 amide bonds. The zero-order chi connectivity index (χ0) is 17.7. The van der Waals surface area contributed by atoms with Gasteiger partial charge in [-0.2, -0.15) is 13.2 Å². The molecule has 0 saturated heterocycles. The average molecular weight is 337 g/mol. The lowest BCUT2D eigenvalue weighted by atomic mass is 10.1. The molecule has 0 aliphatic heterocycles. The monoisotopic (exact) mass is 337 g/mol. The van der Waals surface area contributed by atoms with E-state index in [1.165, 1.54) is 36.7 Å². The Kier molecular flexibility index (Phi) is 5.43. The van der Waals surface area contributed by atoms with Crippen molar-refractivity contribution in [2.45, 2.75) is 20.0 Å². The van der Waals surface area contributed by atoms with Crippen molar-refractivity contribution in [3.8, 4) is 0 Å². The molecule has 0 unspecified atom stereocenters. The fraction of sp³-hybridized carbons (Fsp3) is 0.294. The number of benzene rings is 1. The van der Waals surface area contributed by atoms with Gasteiger partial charge < -0.3 is 10.2 Å². The maximum Gasteiger partial charge on any atom is 0.418 e. The molecular weight excluding hydrogens is 319 g/mol. The standard InChI is InChI=1S/C17H18F3N3O/c1-3-23(4-2)16(24)12-9-13(11-21-10-12)22-15-8-6-5-7-14(15)17(18,19)20/h5-11,22H,3-4H2,1-2H3. The van der Waals surface area contributed by atoms with Crippen LogP contribution in [0.4, 0.5) is 24.5 Å². The summed E-state index contributed by atoms with van der Waals surface area (Å²) < 4.78 is 39.1. The molecule has 0 spiro atoms. The Labute approximate surface area is 138 Å². The average Bonchev–Trinajstić information content (AvgIpc) is 2.55. The molecule has 1 aromatic heterocycles. The van der Waals surface area contributed by atoms with Crippen molar-refractivity contribution in [3.05, 3.63) is 53.9 Å². The highest BCUT2D eigenvalue weighted by atomic mass is 19.4. The molecule has 4 nitrogen and oxygen atoms in total. The summed E-state index contributed by atoms with van der Waals surface area (Å²) in [6.07, 6.45) is -1.68. The number of anilines is 2. The highest BCUT2D eigenvalue weighted by Gasteiger charge is 2.33. The molecular formula is C17H18F3N3O. The van der Waals surface area contributed by atoms with Crippen LogP contribution in [0.2, 0.25) is 0 Å². The third-order valence-corrected chi connectivity index (χ3v) is 3.55. The molecule has 1 heterocycles. The van der Waals surface area contributed by atoms with Crippen LogP contribution in [-0.4, -0.2) is 28.9 Å². The van der Waals surface area contributed by atoms with Crippen LogP contribution in [0.1, 0.15) is 29.8 Å². The number of alkyl halides is 3. The van der Waals surface area contributed by atoms with Crippen LogP contribution in [0.15, 0.2) is 42.7 Å². The van der Waals surface area contributed by atoms with Crippen LogP contribution in [0, 0.1) is 0 Å². The van der Waals surface area contributed by atoms with Gasteiger partial charge in [0.05, 0.1) is 28.7 Å². The quantitative estimate of drug-likeness (QED) is 0.883. The molecule has 0 aliphatic rings. The van der Waals surface area contributed by atoms with Crippen molar-refractivity contribution in [1.82, 2.24) is 9.88 Å². The zero-order valence-electron chi connectivity index (χ0n) is 13.4. The lowest BCUT2D eigenvalue weighted by Crippen LogP contribution is -2.30. The highest BCUT2D eigenvalue weighted by molar-refractivity contribution is 5.94. The number of halogens is 3. The SMILES string of the molecule is CCN(CC)C(=O)c1cncc(Nc2ccccc2C(F)(F)F)c1. The van der Waals surface area contributed by atoms with Gasteiger partial charge in [0.2, 0.25) is 0 Å². The van der Waals surface area contributed by atoms with Crippen molar-refractivity contribution in [1.29, 1.82) is 0 Å². The number of rotatable bonds is 5. The summed E-state index contributed by atoms with van der Waals surface area (Å²) in [4.78, 5) is 17.9. The fourth-order valence-electron chi connectivity index (χ4n) is 2.31. The Morgan fingerprint density at radius 1 is 1.17 bits per heavy atom. The van der Waals surface area contributed by atoms with Crippen molar-refractivity contribution >= 4 is 17.3 Å². The Hall–Kier alpha value is -2.57. The van der Waals surface area contributed by atoms with E-state index in [1.807, 2.05) is 13.8 Å². The Balaban J connectivity index is 2.30. The molecule has 0 atom stereocenters. The van der Waals surface area contributed by atoms with E-state index in [9.17, 15) is 18.0 Å². The molecule has 0 fully saturated rings. The number of carbonyl (C=O) groups is 1. The van der Waals surface area contributed by atoms with Gasteiger partial charge in [0, 0.05) is 19.3 Å². The summed E-state index contributed by atoms with van der Waals surface area (Å²) in [6, 6.07) is 6.67. The number of hydrogen-bond donors (Lipinski definition) is 1. The number of aromatic nitrogens is 1. The van der Waals surface area contributed by atoms with Gasteiger partial charge in [-0.1, -0.05) is 12.1 Å². The van der Waals surface area contributed by atoms with Crippen molar-refractivity contribution in [2.24, 2.45) is 0 Å². The van der Waals surface area contributed by atoms with Crippen LogP contribution in [0.5, 0.6) is 0 Å². The predicted molar refractivity (Wildman–Crippen MR) is 86.2 cm³/mol. The van der Waals surface area contributed by atoms with Gasteiger partial charge in [-0.15, -0.1) is 0 Å². The molecule has 24 heavy (non-hydrogen) atoms. The first-order chi connectivity index (χ1) is 11.4. The minimum Gasteiger partial charge on any atom is -0.354 e. The number of para-hydroxylation sites is 1. The van der Waals surface area contributed by atoms with Gasteiger partial charge in [-0.05, 0) is 32.0 Å². The minimum absolute atomic E-state index is 0.0840. The second-order valence-corrected chi connectivity index (χ2v) is 5.11. The van der Waals surface area contributed by atoms with E-state index in [-0.39, 0.29) is 11.6 Å². The Bertz CT molecular complexity index is 712. The van der Waals surface area contributed by atoms with Crippen LogP contribution < -0.4 is 5.32 Å². The molecule has 0 saturated carbocycles. The molecule has 0 radical (unpaired) electrons. The largest absolute Gasteiger partial charge is 0.418 e. The molecule has 7 heteroatoms. The smallest absolute Gasteiger partial charge is 0.354 e. The molecule has 0 aliphatic carbocycles. The van der Waals surface area contributed by atoms with Crippen molar-refractivity contribution < 1.29 is 18.0 Å². The van der Waals surface area contributed by atoms with Gasteiger partial charge in [0.1, 0.15) is 0 Å². The highest BCUT2D eigenvalue weighted by Crippen LogP contribution is 2.35. The van der Waals surface area contributed by atoms with E-state index >= 15 is 0 Å². The first kappa shape index (κ1) is 17.8. The summed E-state index contributed by atoms with van der Waals surface area (Å²) in [5, 5.41) is 2.70. The number of pyridine rings is 1. The lowest BCUT2D eigenvalue weighted by molar-refractivity contribution is -0.136. The van der Waals surface area contributed by atoms with E-state index in [4.69, 9.17) is 0 Å². The molecule has 2 aromatic rings. The molecule has 0 bridgehead atoms. The number of nitrogens with one attached hydrogen (secondary N) is 1.